The van der Waals surface area contributed by atoms with Crippen molar-refractivity contribution in [1.29, 1.82) is 0 Å². The quantitative estimate of drug-likeness (QED) is 0.737. The molecule has 2 nitrogen and oxygen atoms in total. The molecule has 0 amide bonds. The van der Waals surface area contributed by atoms with Crippen LogP contribution < -0.4 is 4.90 Å². The Morgan fingerprint density at radius 1 is 1.14 bits per heavy atom. The van der Waals surface area contributed by atoms with E-state index in [2.05, 4.69) is 17.9 Å². The summed E-state index contributed by atoms with van der Waals surface area (Å²) in [6.45, 7) is 4.22. The average Bonchev–Trinajstić information content (AvgIpc) is 2.19. The minimum absolute atomic E-state index is 0.423. The monoisotopic (exact) mass is 191 g/mol. The van der Waals surface area contributed by atoms with Crippen LogP contribution in [0.1, 0.15) is 24.8 Å². The maximum atomic E-state index is 9.80. The van der Waals surface area contributed by atoms with Crippen LogP contribution in [0.2, 0.25) is 0 Å². The summed E-state index contributed by atoms with van der Waals surface area (Å²) in [4.78, 5) is 2.30. The molecular formula is C12H17NO. The fourth-order valence-corrected chi connectivity index (χ4v) is 2.17. The molecular weight excluding hydrogens is 174 g/mol. The zero-order valence-corrected chi connectivity index (χ0v) is 8.66. The van der Waals surface area contributed by atoms with Crippen molar-refractivity contribution in [1.82, 2.24) is 0 Å². The molecule has 0 bridgehead atoms. The lowest BCUT2D eigenvalue weighted by atomic mass is 10.1. The van der Waals surface area contributed by atoms with Crippen LogP contribution in [0, 0.1) is 6.92 Å². The Morgan fingerprint density at radius 3 is 2.50 bits per heavy atom. The Labute approximate surface area is 85.2 Å². The summed E-state index contributed by atoms with van der Waals surface area (Å²) in [6, 6.07) is 5.73. The van der Waals surface area contributed by atoms with E-state index in [1.165, 1.54) is 24.8 Å². The molecule has 2 rings (SSSR count). The molecule has 0 aliphatic carbocycles. The van der Waals surface area contributed by atoms with Gasteiger partial charge in [-0.3, -0.25) is 0 Å². The molecule has 1 aliphatic rings. The smallest absolute Gasteiger partial charge is 0.139 e. The molecule has 2 heteroatoms. The third kappa shape index (κ3) is 1.69. The average molecular weight is 191 g/mol. The first-order valence-electron chi connectivity index (χ1n) is 5.32. The fraction of sp³-hybridized carbons (Fsp3) is 0.500. The second kappa shape index (κ2) is 3.91. The molecule has 0 unspecified atom stereocenters. The van der Waals surface area contributed by atoms with Crippen LogP contribution in [-0.4, -0.2) is 18.2 Å². The number of benzene rings is 1. The third-order valence-electron chi connectivity index (χ3n) is 2.89. The number of nitrogens with zero attached hydrogens (tertiary/aromatic N) is 1. The summed E-state index contributed by atoms with van der Waals surface area (Å²) >= 11 is 0. The summed E-state index contributed by atoms with van der Waals surface area (Å²) in [6.07, 6.45) is 3.81. The van der Waals surface area contributed by atoms with E-state index in [9.17, 15) is 5.11 Å². The normalized spacial score (nSPS) is 17.1. The van der Waals surface area contributed by atoms with Gasteiger partial charge in [-0.05, 0) is 37.8 Å². The van der Waals surface area contributed by atoms with Crippen molar-refractivity contribution < 1.29 is 5.11 Å². The number of anilines is 1. The number of para-hydroxylation sites is 1. The Morgan fingerprint density at radius 2 is 1.86 bits per heavy atom. The molecule has 0 aromatic heterocycles. The van der Waals surface area contributed by atoms with Crippen LogP contribution >= 0.6 is 0 Å². The van der Waals surface area contributed by atoms with E-state index < -0.39 is 0 Å². The lowest BCUT2D eigenvalue weighted by Crippen LogP contribution is -2.29. The minimum Gasteiger partial charge on any atom is -0.506 e. The number of phenols is 1. The lowest BCUT2D eigenvalue weighted by Gasteiger charge is -2.30. The Balaban J connectivity index is 2.29. The summed E-state index contributed by atoms with van der Waals surface area (Å²) in [5, 5.41) is 9.80. The number of hydrogen-bond acceptors (Lipinski definition) is 2. The van der Waals surface area contributed by atoms with E-state index in [1.807, 2.05) is 6.07 Å². The number of aryl methyl sites for hydroxylation is 1. The zero-order chi connectivity index (χ0) is 9.97. The van der Waals surface area contributed by atoms with E-state index in [1.54, 1.807) is 6.07 Å². The molecule has 1 fully saturated rings. The van der Waals surface area contributed by atoms with E-state index >= 15 is 0 Å². The van der Waals surface area contributed by atoms with Gasteiger partial charge in [-0.1, -0.05) is 12.1 Å². The predicted octanol–water partition coefficient (Wildman–Crippen LogP) is 2.69. The predicted molar refractivity (Wildman–Crippen MR) is 58.9 cm³/mol. The van der Waals surface area contributed by atoms with Gasteiger partial charge in [-0.15, -0.1) is 0 Å². The van der Waals surface area contributed by atoms with Gasteiger partial charge in [0.05, 0.1) is 5.69 Å². The summed E-state index contributed by atoms with van der Waals surface area (Å²) < 4.78 is 0. The maximum absolute atomic E-state index is 9.80. The molecule has 1 aliphatic heterocycles. The minimum atomic E-state index is 0.423. The van der Waals surface area contributed by atoms with Crippen molar-refractivity contribution in [3.8, 4) is 5.75 Å². The van der Waals surface area contributed by atoms with Gasteiger partial charge in [-0.2, -0.15) is 0 Å². The van der Waals surface area contributed by atoms with Crippen molar-refractivity contribution in [2.45, 2.75) is 26.2 Å². The van der Waals surface area contributed by atoms with E-state index in [0.29, 0.717) is 5.75 Å². The fourth-order valence-electron chi connectivity index (χ4n) is 2.17. The summed E-state index contributed by atoms with van der Waals surface area (Å²) in [5.41, 5.74) is 2.21. The number of phenolic OH excluding ortho intramolecular Hbond substituents is 1. The van der Waals surface area contributed by atoms with Gasteiger partial charge in [0, 0.05) is 13.1 Å². The largest absolute Gasteiger partial charge is 0.506 e. The van der Waals surface area contributed by atoms with Crippen LogP contribution in [-0.2, 0) is 0 Å². The van der Waals surface area contributed by atoms with E-state index in [-0.39, 0.29) is 0 Å². The standard InChI is InChI=1S/C12H17NO/c1-10-6-5-7-11(14)12(10)13-8-3-2-4-9-13/h5-7,14H,2-4,8-9H2,1H3. The summed E-state index contributed by atoms with van der Waals surface area (Å²) in [5.74, 6) is 0.423. The van der Waals surface area contributed by atoms with Crippen molar-refractivity contribution in [2.24, 2.45) is 0 Å². The van der Waals surface area contributed by atoms with Gasteiger partial charge >= 0.3 is 0 Å². The number of rotatable bonds is 1. The van der Waals surface area contributed by atoms with Gasteiger partial charge in [0.15, 0.2) is 0 Å². The van der Waals surface area contributed by atoms with Gasteiger partial charge in [-0.25, -0.2) is 0 Å². The highest BCUT2D eigenvalue weighted by atomic mass is 16.3. The molecule has 1 N–H and O–H groups in total. The molecule has 1 aromatic carbocycles. The topological polar surface area (TPSA) is 23.5 Å². The molecule has 1 heterocycles. The van der Waals surface area contributed by atoms with Gasteiger partial charge in [0.25, 0.3) is 0 Å². The zero-order valence-electron chi connectivity index (χ0n) is 8.66. The second-order valence-corrected chi connectivity index (χ2v) is 3.99. The number of aromatic hydroxyl groups is 1. The van der Waals surface area contributed by atoms with Crippen LogP contribution in [0.5, 0.6) is 5.75 Å². The molecule has 0 spiro atoms. The summed E-state index contributed by atoms with van der Waals surface area (Å²) in [7, 11) is 0. The first kappa shape index (κ1) is 9.38. The van der Waals surface area contributed by atoms with Crippen molar-refractivity contribution in [3.05, 3.63) is 23.8 Å². The Hall–Kier alpha value is -1.18. The molecule has 0 radical (unpaired) electrons. The van der Waals surface area contributed by atoms with Gasteiger partial charge in [0.1, 0.15) is 5.75 Å². The maximum Gasteiger partial charge on any atom is 0.139 e. The number of piperidine rings is 1. The molecule has 0 saturated carbocycles. The van der Waals surface area contributed by atoms with Crippen molar-refractivity contribution >= 4 is 5.69 Å². The highest BCUT2D eigenvalue weighted by molar-refractivity contribution is 5.63. The van der Waals surface area contributed by atoms with Crippen LogP contribution in [0.25, 0.3) is 0 Å². The third-order valence-corrected chi connectivity index (χ3v) is 2.89. The second-order valence-electron chi connectivity index (χ2n) is 3.99. The lowest BCUT2D eigenvalue weighted by molar-refractivity contribution is 0.469. The molecule has 1 aromatic rings. The Bertz CT molecular complexity index is 296. The highest BCUT2D eigenvalue weighted by Gasteiger charge is 2.15. The first-order valence-corrected chi connectivity index (χ1v) is 5.32. The van der Waals surface area contributed by atoms with Crippen molar-refractivity contribution in [2.75, 3.05) is 18.0 Å². The Kier molecular flexibility index (Phi) is 2.62. The molecule has 14 heavy (non-hydrogen) atoms. The van der Waals surface area contributed by atoms with Gasteiger partial charge < -0.3 is 10.0 Å². The SMILES string of the molecule is Cc1cccc(O)c1N1CCCCC1. The molecule has 1 saturated heterocycles. The van der Waals surface area contributed by atoms with E-state index in [0.717, 1.165) is 18.8 Å². The van der Waals surface area contributed by atoms with Crippen molar-refractivity contribution in [3.63, 3.8) is 0 Å². The molecule has 76 valence electrons. The van der Waals surface area contributed by atoms with E-state index in [4.69, 9.17) is 0 Å². The molecule has 0 atom stereocenters. The van der Waals surface area contributed by atoms with Crippen LogP contribution in [0.4, 0.5) is 5.69 Å². The van der Waals surface area contributed by atoms with Crippen LogP contribution in [0.3, 0.4) is 0 Å². The number of hydrogen-bond donors (Lipinski definition) is 1. The van der Waals surface area contributed by atoms with Crippen LogP contribution in [0.15, 0.2) is 18.2 Å². The van der Waals surface area contributed by atoms with Gasteiger partial charge in [0.2, 0.25) is 0 Å². The first-order chi connectivity index (χ1) is 6.79. The highest BCUT2D eigenvalue weighted by Crippen LogP contribution is 2.32.